The third-order valence-electron chi connectivity index (χ3n) is 2.43. The van der Waals surface area contributed by atoms with Crippen LogP contribution in [0.2, 0.25) is 0 Å². The summed E-state index contributed by atoms with van der Waals surface area (Å²) in [5.74, 6) is 2.44. The van der Waals surface area contributed by atoms with Crippen molar-refractivity contribution in [3.63, 3.8) is 0 Å². The zero-order valence-electron chi connectivity index (χ0n) is 10.8. The molecule has 96 valence electrons. The smallest absolute Gasteiger partial charge is 0.0597 e. The van der Waals surface area contributed by atoms with Crippen molar-refractivity contribution in [1.82, 2.24) is 0 Å². The normalized spacial score (nSPS) is 10.4. The summed E-state index contributed by atoms with van der Waals surface area (Å²) in [6, 6.07) is 6.35. The summed E-state index contributed by atoms with van der Waals surface area (Å²) in [5.41, 5.74) is 2.43. The second-order valence-corrected chi connectivity index (χ2v) is 6.34. The SMILES string of the molecule is CCSCCCNc1cc(Br)ccc1N(C)C. The van der Waals surface area contributed by atoms with Gasteiger partial charge in [-0.1, -0.05) is 22.9 Å². The van der Waals surface area contributed by atoms with Crippen LogP contribution in [0, 0.1) is 0 Å². The number of rotatable bonds is 7. The van der Waals surface area contributed by atoms with E-state index in [0.717, 1.165) is 11.0 Å². The van der Waals surface area contributed by atoms with E-state index in [1.54, 1.807) is 0 Å². The molecule has 2 nitrogen and oxygen atoms in total. The molecule has 0 radical (unpaired) electrons. The fraction of sp³-hybridized carbons (Fsp3) is 0.538. The van der Waals surface area contributed by atoms with Gasteiger partial charge < -0.3 is 10.2 Å². The van der Waals surface area contributed by atoms with Crippen LogP contribution in [-0.2, 0) is 0 Å². The van der Waals surface area contributed by atoms with Crippen LogP contribution in [0.15, 0.2) is 22.7 Å². The van der Waals surface area contributed by atoms with E-state index in [2.05, 4.69) is 65.4 Å². The Hall–Kier alpha value is -0.350. The van der Waals surface area contributed by atoms with Crippen molar-refractivity contribution in [3.8, 4) is 0 Å². The first-order chi connectivity index (χ1) is 8.15. The van der Waals surface area contributed by atoms with Gasteiger partial charge in [-0.3, -0.25) is 0 Å². The molecule has 0 amide bonds. The maximum atomic E-state index is 3.52. The van der Waals surface area contributed by atoms with Crippen molar-refractivity contribution in [2.45, 2.75) is 13.3 Å². The van der Waals surface area contributed by atoms with E-state index in [1.165, 1.54) is 29.3 Å². The Morgan fingerprint density at radius 2 is 2.12 bits per heavy atom. The summed E-state index contributed by atoms with van der Waals surface area (Å²) in [6.07, 6.45) is 1.21. The number of hydrogen-bond acceptors (Lipinski definition) is 3. The maximum Gasteiger partial charge on any atom is 0.0597 e. The third-order valence-corrected chi connectivity index (χ3v) is 3.90. The molecule has 1 rings (SSSR count). The largest absolute Gasteiger partial charge is 0.383 e. The first kappa shape index (κ1) is 14.7. The van der Waals surface area contributed by atoms with E-state index in [0.29, 0.717) is 0 Å². The second-order valence-electron chi connectivity index (χ2n) is 4.03. The molecule has 0 fully saturated rings. The van der Waals surface area contributed by atoms with Crippen molar-refractivity contribution < 1.29 is 0 Å². The molecule has 0 spiro atoms. The Balaban J connectivity index is 2.53. The highest BCUT2D eigenvalue weighted by Gasteiger charge is 2.04. The van der Waals surface area contributed by atoms with Gasteiger partial charge in [0.25, 0.3) is 0 Å². The quantitative estimate of drug-likeness (QED) is 0.763. The Bertz CT molecular complexity index is 342. The molecule has 0 aromatic heterocycles. The zero-order chi connectivity index (χ0) is 12.7. The van der Waals surface area contributed by atoms with Gasteiger partial charge in [0.1, 0.15) is 0 Å². The molecule has 1 N–H and O–H groups in total. The maximum absolute atomic E-state index is 3.52. The monoisotopic (exact) mass is 316 g/mol. The molecule has 0 bridgehead atoms. The van der Waals surface area contributed by atoms with E-state index < -0.39 is 0 Å². The van der Waals surface area contributed by atoms with Gasteiger partial charge in [-0.2, -0.15) is 11.8 Å². The molecule has 0 saturated carbocycles. The minimum atomic E-state index is 1.03. The lowest BCUT2D eigenvalue weighted by atomic mass is 10.2. The highest BCUT2D eigenvalue weighted by molar-refractivity contribution is 9.10. The first-order valence-corrected chi connectivity index (χ1v) is 7.88. The van der Waals surface area contributed by atoms with Crippen molar-refractivity contribution in [1.29, 1.82) is 0 Å². The summed E-state index contributed by atoms with van der Waals surface area (Å²) >= 11 is 5.51. The van der Waals surface area contributed by atoms with Crippen LogP contribution in [0.4, 0.5) is 11.4 Å². The molecule has 0 aliphatic carbocycles. The second kappa shape index (κ2) is 7.88. The molecule has 0 heterocycles. The first-order valence-electron chi connectivity index (χ1n) is 5.93. The lowest BCUT2D eigenvalue weighted by molar-refractivity contribution is 0.987. The number of thioether (sulfide) groups is 1. The predicted molar refractivity (Wildman–Crippen MR) is 84.6 cm³/mol. The Kier molecular flexibility index (Phi) is 6.82. The van der Waals surface area contributed by atoms with E-state index in [4.69, 9.17) is 0 Å². The number of hydrogen-bond donors (Lipinski definition) is 1. The summed E-state index contributed by atoms with van der Waals surface area (Å²) < 4.78 is 1.12. The number of nitrogens with zero attached hydrogens (tertiary/aromatic N) is 1. The minimum absolute atomic E-state index is 1.03. The van der Waals surface area contributed by atoms with Gasteiger partial charge in [-0.05, 0) is 36.1 Å². The topological polar surface area (TPSA) is 15.3 Å². The summed E-state index contributed by atoms with van der Waals surface area (Å²) in [4.78, 5) is 2.13. The van der Waals surface area contributed by atoms with E-state index >= 15 is 0 Å². The standard InChI is InChI=1S/C13H21BrN2S/c1-4-17-9-5-8-15-12-10-11(14)6-7-13(12)16(2)3/h6-7,10,15H,4-5,8-9H2,1-3H3. The van der Waals surface area contributed by atoms with Gasteiger partial charge in [0, 0.05) is 25.1 Å². The van der Waals surface area contributed by atoms with Crippen LogP contribution >= 0.6 is 27.7 Å². The third kappa shape index (κ3) is 5.21. The highest BCUT2D eigenvalue weighted by atomic mass is 79.9. The molecular formula is C13H21BrN2S. The predicted octanol–water partition coefficient (Wildman–Crippen LogP) is 4.07. The van der Waals surface area contributed by atoms with Gasteiger partial charge in [0.05, 0.1) is 11.4 Å². The van der Waals surface area contributed by atoms with Crippen LogP contribution in [0.5, 0.6) is 0 Å². The van der Waals surface area contributed by atoms with Crippen molar-refractivity contribution in [2.24, 2.45) is 0 Å². The van der Waals surface area contributed by atoms with Crippen LogP contribution < -0.4 is 10.2 Å². The minimum Gasteiger partial charge on any atom is -0.383 e. The summed E-state index contributed by atoms with van der Waals surface area (Å²) in [5, 5.41) is 3.51. The fourth-order valence-corrected chi connectivity index (χ4v) is 2.58. The molecule has 0 aliphatic rings. The van der Waals surface area contributed by atoms with Gasteiger partial charge in [-0.15, -0.1) is 0 Å². The molecule has 4 heteroatoms. The Morgan fingerprint density at radius 3 is 2.76 bits per heavy atom. The molecule has 1 aromatic rings. The molecule has 0 saturated heterocycles. The molecule has 0 aliphatic heterocycles. The fourth-order valence-electron chi connectivity index (χ4n) is 1.58. The lowest BCUT2D eigenvalue weighted by Crippen LogP contribution is -2.13. The van der Waals surface area contributed by atoms with Gasteiger partial charge in [0.15, 0.2) is 0 Å². The van der Waals surface area contributed by atoms with Crippen LogP contribution in [0.25, 0.3) is 0 Å². The van der Waals surface area contributed by atoms with Crippen LogP contribution in [0.1, 0.15) is 13.3 Å². The Labute approximate surface area is 117 Å². The summed E-state index contributed by atoms with van der Waals surface area (Å²) in [7, 11) is 4.14. The van der Waals surface area contributed by atoms with Gasteiger partial charge in [0.2, 0.25) is 0 Å². The number of halogens is 1. The molecule has 1 aromatic carbocycles. The number of benzene rings is 1. The number of anilines is 2. The van der Waals surface area contributed by atoms with E-state index in [1.807, 2.05) is 11.8 Å². The van der Waals surface area contributed by atoms with E-state index in [9.17, 15) is 0 Å². The van der Waals surface area contributed by atoms with Crippen molar-refractivity contribution in [2.75, 3.05) is 42.4 Å². The zero-order valence-corrected chi connectivity index (χ0v) is 13.2. The molecule has 0 unspecified atom stereocenters. The summed E-state index contributed by atoms with van der Waals surface area (Å²) in [6.45, 7) is 3.24. The van der Waals surface area contributed by atoms with Crippen molar-refractivity contribution >= 4 is 39.1 Å². The van der Waals surface area contributed by atoms with Crippen molar-refractivity contribution in [3.05, 3.63) is 22.7 Å². The average molecular weight is 317 g/mol. The Morgan fingerprint density at radius 1 is 1.35 bits per heavy atom. The average Bonchev–Trinajstić information content (AvgIpc) is 2.28. The van der Waals surface area contributed by atoms with Gasteiger partial charge >= 0.3 is 0 Å². The van der Waals surface area contributed by atoms with Crippen LogP contribution in [0.3, 0.4) is 0 Å². The van der Waals surface area contributed by atoms with Gasteiger partial charge in [-0.25, -0.2) is 0 Å². The molecule has 0 atom stereocenters. The molecular weight excluding hydrogens is 296 g/mol. The van der Waals surface area contributed by atoms with Crippen LogP contribution in [-0.4, -0.2) is 32.1 Å². The van der Waals surface area contributed by atoms with E-state index in [-0.39, 0.29) is 0 Å². The number of nitrogens with one attached hydrogen (secondary N) is 1. The highest BCUT2D eigenvalue weighted by Crippen LogP contribution is 2.27. The lowest BCUT2D eigenvalue weighted by Gasteiger charge is -2.18. The molecule has 17 heavy (non-hydrogen) atoms.